The van der Waals surface area contributed by atoms with Gasteiger partial charge in [0.15, 0.2) is 0 Å². The van der Waals surface area contributed by atoms with Gasteiger partial charge in [-0.25, -0.2) is 9.97 Å². The van der Waals surface area contributed by atoms with E-state index in [0.29, 0.717) is 12.5 Å². The maximum Gasteiger partial charge on any atom is 0.143 e. The van der Waals surface area contributed by atoms with Crippen molar-refractivity contribution >= 4 is 23.3 Å². The van der Waals surface area contributed by atoms with E-state index in [1.807, 2.05) is 23.9 Å². The van der Waals surface area contributed by atoms with E-state index in [-0.39, 0.29) is 5.37 Å². The highest BCUT2D eigenvalue weighted by molar-refractivity contribution is 8.00. The van der Waals surface area contributed by atoms with E-state index in [2.05, 4.69) is 17.2 Å². The molecule has 5 nitrogen and oxygen atoms in total. The van der Waals surface area contributed by atoms with Crippen LogP contribution in [0.2, 0.25) is 0 Å². The fourth-order valence-electron chi connectivity index (χ4n) is 4.43. The van der Waals surface area contributed by atoms with Gasteiger partial charge >= 0.3 is 0 Å². The maximum absolute atomic E-state index is 5.44. The number of aliphatic imine (C=N–C) groups is 1. The Labute approximate surface area is 163 Å². The molecule has 0 amide bonds. The monoisotopic (exact) mass is 380 g/mol. The minimum Gasteiger partial charge on any atom is -0.467 e. The fourth-order valence-corrected chi connectivity index (χ4v) is 5.82. The molecule has 2 unspecified atom stereocenters. The lowest BCUT2D eigenvalue weighted by Crippen LogP contribution is -2.21. The zero-order valence-corrected chi connectivity index (χ0v) is 16.4. The first-order chi connectivity index (χ1) is 13.3. The minimum atomic E-state index is 0.226. The van der Waals surface area contributed by atoms with Crippen molar-refractivity contribution in [2.24, 2.45) is 4.99 Å². The number of thioether (sulfide) groups is 1. The van der Waals surface area contributed by atoms with Gasteiger partial charge in [0, 0.05) is 5.71 Å². The van der Waals surface area contributed by atoms with Crippen LogP contribution in [0.15, 0.2) is 50.2 Å². The molecule has 0 fully saturated rings. The summed E-state index contributed by atoms with van der Waals surface area (Å²) in [6.07, 6.45) is 10.6. The Balaban J connectivity index is 1.46. The second kappa shape index (κ2) is 7.15. The summed E-state index contributed by atoms with van der Waals surface area (Å²) in [6, 6.07) is 3.88. The summed E-state index contributed by atoms with van der Waals surface area (Å²) in [4.78, 5) is 15.6. The molecule has 1 N–H and O–H groups in total. The summed E-state index contributed by atoms with van der Waals surface area (Å²) in [5, 5.41) is 3.66. The van der Waals surface area contributed by atoms with Crippen molar-refractivity contribution in [3.63, 3.8) is 0 Å². The zero-order chi connectivity index (χ0) is 18.2. The molecular formula is C21H24N4OS. The summed E-state index contributed by atoms with van der Waals surface area (Å²) in [5.74, 6) is 2.14. The third-order valence-electron chi connectivity index (χ3n) is 5.69. The zero-order valence-electron chi connectivity index (χ0n) is 15.6. The van der Waals surface area contributed by atoms with E-state index in [0.717, 1.165) is 23.7 Å². The van der Waals surface area contributed by atoms with Gasteiger partial charge in [0.25, 0.3) is 0 Å². The Bertz CT molecular complexity index is 903. The predicted molar refractivity (Wildman–Crippen MR) is 108 cm³/mol. The average Bonchev–Trinajstić information content (AvgIpc) is 3.42. The van der Waals surface area contributed by atoms with Gasteiger partial charge in [-0.15, -0.1) is 0 Å². The molecule has 2 aromatic rings. The van der Waals surface area contributed by atoms with Crippen LogP contribution >= 0.6 is 11.8 Å². The fraction of sp³-hybridized carbons (Fsp3) is 0.476. The molecule has 140 valence electrons. The minimum absolute atomic E-state index is 0.226. The van der Waals surface area contributed by atoms with E-state index < -0.39 is 0 Å². The van der Waals surface area contributed by atoms with Gasteiger partial charge in [-0.05, 0) is 49.8 Å². The molecule has 1 aliphatic carbocycles. The Morgan fingerprint density at radius 3 is 3.11 bits per heavy atom. The van der Waals surface area contributed by atoms with Gasteiger partial charge in [0.2, 0.25) is 0 Å². The number of dihydropyridines is 1. The Morgan fingerprint density at radius 2 is 2.26 bits per heavy atom. The van der Waals surface area contributed by atoms with Crippen molar-refractivity contribution in [2.45, 2.75) is 68.2 Å². The predicted octanol–water partition coefficient (Wildman–Crippen LogP) is 5.32. The second-order valence-corrected chi connectivity index (χ2v) is 8.52. The van der Waals surface area contributed by atoms with Crippen molar-refractivity contribution < 1.29 is 4.42 Å². The summed E-state index contributed by atoms with van der Waals surface area (Å²) < 4.78 is 5.44. The topological polar surface area (TPSA) is 63.3 Å². The smallest absolute Gasteiger partial charge is 0.143 e. The number of fused-ring (bicyclic) bond motifs is 4. The number of nitrogens with zero attached hydrogens (tertiary/aromatic N) is 3. The molecular weight excluding hydrogens is 356 g/mol. The van der Waals surface area contributed by atoms with Crippen LogP contribution in [-0.2, 0) is 6.54 Å². The number of hydrogen-bond acceptors (Lipinski definition) is 6. The molecule has 0 radical (unpaired) electrons. The number of furan rings is 1. The number of anilines is 1. The van der Waals surface area contributed by atoms with Gasteiger partial charge in [-0.3, -0.25) is 4.99 Å². The van der Waals surface area contributed by atoms with Crippen LogP contribution in [0.25, 0.3) is 0 Å². The van der Waals surface area contributed by atoms with Crippen LogP contribution < -0.4 is 5.32 Å². The largest absolute Gasteiger partial charge is 0.467 e. The van der Waals surface area contributed by atoms with Crippen molar-refractivity contribution in [3.05, 3.63) is 47.3 Å². The first-order valence-corrected chi connectivity index (χ1v) is 10.8. The highest BCUT2D eigenvalue weighted by atomic mass is 32.2. The maximum atomic E-state index is 5.44. The van der Waals surface area contributed by atoms with Crippen molar-refractivity contribution in [2.75, 3.05) is 5.32 Å². The molecule has 27 heavy (non-hydrogen) atoms. The van der Waals surface area contributed by atoms with Gasteiger partial charge < -0.3 is 9.73 Å². The van der Waals surface area contributed by atoms with Gasteiger partial charge in [-0.1, -0.05) is 30.7 Å². The van der Waals surface area contributed by atoms with Crippen LogP contribution in [0.1, 0.15) is 62.8 Å². The molecule has 2 atom stereocenters. The lowest BCUT2D eigenvalue weighted by Gasteiger charge is -2.26. The third-order valence-corrected chi connectivity index (χ3v) is 6.95. The molecule has 2 aromatic heterocycles. The van der Waals surface area contributed by atoms with Crippen LogP contribution in [0.3, 0.4) is 0 Å². The molecule has 3 aliphatic rings. The van der Waals surface area contributed by atoms with E-state index in [9.17, 15) is 0 Å². The summed E-state index contributed by atoms with van der Waals surface area (Å²) in [7, 11) is 0. The molecule has 0 spiro atoms. The molecule has 0 saturated carbocycles. The third kappa shape index (κ3) is 3.00. The molecule has 5 rings (SSSR count). The molecule has 0 bridgehead atoms. The molecule has 2 aliphatic heterocycles. The van der Waals surface area contributed by atoms with Crippen LogP contribution in [0, 0.1) is 0 Å². The first kappa shape index (κ1) is 17.0. The van der Waals surface area contributed by atoms with Crippen molar-refractivity contribution in [3.8, 4) is 0 Å². The number of nitrogens with one attached hydrogen (secondary N) is 1. The van der Waals surface area contributed by atoms with Crippen molar-refractivity contribution in [1.82, 2.24) is 9.97 Å². The summed E-state index contributed by atoms with van der Waals surface area (Å²) in [5.41, 5.74) is 5.67. The van der Waals surface area contributed by atoms with E-state index in [1.165, 1.54) is 42.7 Å². The number of aromatic nitrogens is 2. The number of hydrogen-bond donors (Lipinski definition) is 1. The number of rotatable bonds is 6. The Hall–Kier alpha value is -2.08. The highest BCUT2D eigenvalue weighted by Crippen LogP contribution is 2.55. The standard InChI is InChI=1S/C21H24N4OS/c1-2-3-9-16-14-7-4-8-15(14)17-18-19(27-21(17)25-16)20(24-12-23-18)22-11-13-6-5-10-26-13/h5-6,10,12,17,21H,2-4,7-9,11H2,1H3,(H,22,23,24). The van der Waals surface area contributed by atoms with Gasteiger partial charge in [0.1, 0.15) is 23.3 Å². The average molecular weight is 381 g/mol. The lowest BCUT2D eigenvalue weighted by molar-refractivity contribution is 0.517. The molecule has 0 aromatic carbocycles. The van der Waals surface area contributed by atoms with Crippen LogP contribution in [-0.4, -0.2) is 21.1 Å². The number of allylic oxidation sites excluding steroid dienone is 1. The SMILES string of the molecule is CCCCC1=NC2Sc3c(NCc4ccco4)ncnc3C2C2=C1CCC2. The van der Waals surface area contributed by atoms with Crippen LogP contribution in [0.4, 0.5) is 5.82 Å². The number of unbranched alkanes of at least 4 members (excludes halogenated alkanes) is 1. The summed E-state index contributed by atoms with van der Waals surface area (Å²) >= 11 is 1.83. The molecule has 0 saturated heterocycles. The van der Waals surface area contributed by atoms with E-state index in [4.69, 9.17) is 14.4 Å². The quantitative estimate of drug-likeness (QED) is 0.734. The van der Waals surface area contributed by atoms with Gasteiger partial charge in [-0.2, -0.15) is 0 Å². The first-order valence-electron chi connectivity index (χ1n) is 9.92. The summed E-state index contributed by atoms with van der Waals surface area (Å²) in [6.45, 7) is 2.88. The second-order valence-electron chi connectivity index (χ2n) is 7.39. The normalized spacial score (nSPS) is 23.1. The lowest BCUT2D eigenvalue weighted by atomic mass is 9.87. The van der Waals surface area contributed by atoms with Crippen LogP contribution in [0.5, 0.6) is 0 Å². The molecule has 4 heterocycles. The van der Waals surface area contributed by atoms with E-state index >= 15 is 0 Å². The Morgan fingerprint density at radius 1 is 1.30 bits per heavy atom. The Kier molecular flexibility index (Phi) is 4.52. The molecule has 6 heteroatoms. The van der Waals surface area contributed by atoms with Gasteiger partial charge in [0.05, 0.1) is 29.3 Å². The van der Waals surface area contributed by atoms with E-state index in [1.54, 1.807) is 23.7 Å². The highest BCUT2D eigenvalue weighted by Gasteiger charge is 2.44. The van der Waals surface area contributed by atoms with Crippen molar-refractivity contribution in [1.29, 1.82) is 0 Å².